The zero-order valence-corrected chi connectivity index (χ0v) is 14.1. The largest absolute Gasteiger partial charge is 0.383 e. The van der Waals surface area contributed by atoms with Crippen LogP contribution >= 0.6 is 11.8 Å². The molecule has 0 radical (unpaired) electrons. The number of nitrogens with two attached hydrogens (primary N) is 2. The Morgan fingerprint density at radius 3 is 2.25 bits per heavy atom. The first-order valence-corrected chi connectivity index (χ1v) is 7.98. The van der Waals surface area contributed by atoms with Crippen molar-refractivity contribution >= 4 is 40.9 Å². The fourth-order valence-corrected chi connectivity index (χ4v) is 2.48. The number of benzene rings is 1. The molecule has 0 aliphatic rings. The van der Waals surface area contributed by atoms with Gasteiger partial charge in [0, 0.05) is 31.4 Å². The Morgan fingerprint density at radius 1 is 1.12 bits per heavy atom. The third-order valence-electron chi connectivity index (χ3n) is 2.90. The molecule has 0 saturated heterocycles. The average molecular weight is 346 g/mol. The van der Waals surface area contributed by atoms with Gasteiger partial charge in [0.15, 0.2) is 5.16 Å². The van der Waals surface area contributed by atoms with E-state index in [1.807, 2.05) is 0 Å². The lowest BCUT2D eigenvalue weighted by Gasteiger charge is -2.11. The Kier molecular flexibility index (Phi) is 5.59. The summed E-state index contributed by atoms with van der Waals surface area (Å²) >= 11 is 1.13. The lowest BCUT2D eigenvalue weighted by atomic mass is 10.2. The second-order valence-corrected chi connectivity index (χ2v) is 6.06. The molecule has 0 aliphatic heterocycles. The number of anilines is 3. The molecule has 1 aromatic heterocycles. The van der Waals surface area contributed by atoms with Gasteiger partial charge in [-0.15, -0.1) is 0 Å². The molecule has 2 amide bonds. The summed E-state index contributed by atoms with van der Waals surface area (Å²) in [6, 6.07) is 8.11. The predicted octanol–water partition coefficient (Wildman–Crippen LogP) is 1.07. The number of aromatic nitrogens is 2. The zero-order valence-electron chi connectivity index (χ0n) is 13.3. The summed E-state index contributed by atoms with van der Waals surface area (Å²) in [5.41, 5.74) is 12.3. The van der Waals surface area contributed by atoms with Gasteiger partial charge in [-0.2, -0.15) is 0 Å². The van der Waals surface area contributed by atoms with Crippen molar-refractivity contribution in [3.8, 4) is 0 Å². The summed E-state index contributed by atoms with van der Waals surface area (Å²) in [4.78, 5) is 33.2. The fourth-order valence-electron chi connectivity index (χ4n) is 1.81. The number of nitrogens with one attached hydrogen (secondary N) is 1. The first-order valence-electron chi connectivity index (χ1n) is 6.99. The van der Waals surface area contributed by atoms with Gasteiger partial charge in [0.1, 0.15) is 11.6 Å². The van der Waals surface area contributed by atoms with Gasteiger partial charge in [-0.3, -0.25) is 9.59 Å². The predicted molar refractivity (Wildman–Crippen MR) is 94.7 cm³/mol. The van der Waals surface area contributed by atoms with E-state index in [-0.39, 0.29) is 29.2 Å². The maximum absolute atomic E-state index is 12.0. The number of hydrogen-bond acceptors (Lipinski definition) is 7. The molecule has 24 heavy (non-hydrogen) atoms. The van der Waals surface area contributed by atoms with Crippen molar-refractivity contribution < 1.29 is 9.59 Å². The lowest BCUT2D eigenvalue weighted by molar-refractivity contribution is -0.113. The van der Waals surface area contributed by atoms with Crippen LogP contribution in [0.1, 0.15) is 10.4 Å². The summed E-state index contributed by atoms with van der Waals surface area (Å²) in [5, 5.41) is 3.08. The first-order chi connectivity index (χ1) is 11.3. The summed E-state index contributed by atoms with van der Waals surface area (Å²) < 4.78 is 0. The average Bonchev–Trinajstić information content (AvgIpc) is 2.52. The second-order valence-electron chi connectivity index (χ2n) is 5.11. The molecule has 0 bridgehead atoms. The number of amides is 2. The molecule has 0 fully saturated rings. The quantitative estimate of drug-likeness (QED) is 0.546. The van der Waals surface area contributed by atoms with E-state index in [9.17, 15) is 9.59 Å². The lowest BCUT2D eigenvalue weighted by Crippen LogP contribution is -2.21. The molecule has 0 aliphatic carbocycles. The number of hydrogen-bond donors (Lipinski definition) is 3. The molecule has 0 unspecified atom stereocenters. The molecule has 8 nitrogen and oxygen atoms in total. The summed E-state index contributed by atoms with van der Waals surface area (Å²) in [7, 11) is 3.36. The molecule has 1 heterocycles. The molecule has 1 aromatic carbocycles. The SMILES string of the molecule is CN(C)C(=O)c1ccc(NC(=O)CSc2nc(N)cc(N)n2)cc1. The highest BCUT2D eigenvalue weighted by Crippen LogP contribution is 2.17. The summed E-state index contributed by atoms with van der Waals surface area (Å²) in [6.45, 7) is 0. The topological polar surface area (TPSA) is 127 Å². The minimum atomic E-state index is -0.226. The standard InChI is InChI=1S/C15H18N6O2S/c1-21(2)14(23)9-3-5-10(6-4-9)18-13(22)8-24-15-19-11(16)7-12(17)20-15/h3-7H,8H2,1-2H3,(H,18,22)(H4,16,17,19,20). The Balaban J connectivity index is 1.91. The van der Waals surface area contributed by atoms with Crippen LogP contribution in [0.3, 0.4) is 0 Å². The zero-order chi connectivity index (χ0) is 17.7. The van der Waals surface area contributed by atoms with Crippen LogP contribution in [0.15, 0.2) is 35.5 Å². The summed E-state index contributed by atoms with van der Waals surface area (Å²) in [5.74, 6) is 0.301. The maximum Gasteiger partial charge on any atom is 0.253 e. The Labute approximate surface area is 143 Å². The third-order valence-corrected chi connectivity index (χ3v) is 3.75. The van der Waals surface area contributed by atoms with E-state index in [4.69, 9.17) is 11.5 Å². The van der Waals surface area contributed by atoms with E-state index in [1.165, 1.54) is 11.0 Å². The van der Waals surface area contributed by atoms with Crippen molar-refractivity contribution in [2.45, 2.75) is 5.16 Å². The Bertz CT molecular complexity index is 728. The van der Waals surface area contributed by atoms with Crippen LogP contribution in [0.25, 0.3) is 0 Å². The van der Waals surface area contributed by atoms with E-state index in [2.05, 4.69) is 15.3 Å². The molecule has 5 N–H and O–H groups in total. The highest BCUT2D eigenvalue weighted by atomic mass is 32.2. The number of rotatable bonds is 5. The monoisotopic (exact) mass is 346 g/mol. The maximum atomic E-state index is 12.0. The van der Waals surface area contributed by atoms with E-state index in [0.29, 0.717) is 16.4 Å². The molecule has 0 saturated carbocycles. The van der Waals surface area contributed by atoms with Crippen molar-refractivity contribution in [3.05, 3.63) is 35.9 Å². The van der Waals surface area contributed by atoms with Gasteiger partial charge in [0.25, 0.3) is 5.91 Å². The fraction of sp³-hybridized carbons (Fsp3) is 0.200. The van der Waals surface area contributed by atoms with E-state index in [1.54, 1.807) is 38.4 Å². The van der Waals surface area contributed by atoms with Crippen LogP contribution in [0.5, 0.6) is 0 Å². The van der Waals surface area contributed by atoms with Gasteiger partial charge < -0.3 is 21.7 Å². The number of nitrogens with zero attached hydrogens (tertiary/aromatic N) is 3. The molecule has 0 atom stereocenters. The van der Waals surface area contributed by atoms with Gasteiger partial charge >= 0.3 is 0 Å². The number of thioether (sulfide) groups is 1. The van der Waals surface area contributed by atoms with Crippen LogP contribution in [0.4, 0.5) is 17.3 Å². The molecule has 0 spiro atoms. The number of nitrogen functional groups attached to an aromatic ring is 2. The van der Waals surface area contributed by atoms with Crippen molar-refractivity contribution in [1.29, 1.82) is 0 Å². The van der Waals surface area contributed by atoms with Gasteiger partial charge in [0.2, 0.25) is 5.91 Å². The van der Waals surface area contributed by atoms with Gasteiger partial charge in [-0.1, -0.05) is 11.8 Å². The third kappa shape index (κ3) is 4.85. The van der Waals surface area contributed by atoms with Crippen LogP contribution in [0, 0.1) is 0 Å². The molecular formula is C15H18N6O2S. The molecule has 2 rings (SSSR count). The van der Waals surface area contributed by atoms with E-state index < -0.39 is 0 Å². The Morgan fingerprint density at radius 2 is 1.71 bits per heavy atom. The van der Waals surface area contributed by atoms with E-state index in [0.717, 1.165) is 11.8 Å². The van der Waals surface area contributed by atoms with Crippen molar-refractivity contribution in [2.75, 3.05) is 36.6 Å². The highest BCUT2D eigenvalue weighted by molar-refractivity contribution is 7.99. The normalized spacial score (nSPS) is 10.2. The van der Waals surface area contributed by atoms with E-state index >= 15 is 0 Å². The minimum absolute atomic E-state index is 0.0974. The van der Waals surface area contributed by atoms with Crippen molar-refractivity contribution in [3.63, 3.8) is 0 Å². The van der Waals surface area contributed by atoms with Crippen LogP contribution < -0.4 is 16.8 Å². The minimum Gasteiger partial charge on any atom is -0.383 e. The van der Waals surface area contributed by atoms with Gasteiger partial charge in [-0.25, -0.2) is 9.97 Å². The Hall–Kier alpha value is -2.81. The van der Waals surface area contributed by atoms with Gasteiger partial charge in [0.05, 0.1) is 5.75 Å². The highest BCUT2D eigenvalue weighted by Gasteiger charge is 2.09. The first kappa shape index (κ1) is 17.5. The second kappa shape index (κ2) is 7.64. The number of carbonyl (C=O) groups excluding carboxylic acids is 2. The summed E-state index contributed by atoms with van der Waals surface area (Å²) in [6.07, 6.45) is 0. The van der Waals surface area contributed by atoms with Crippen LogP contribution in [0.2, 0.25) is 0 Å². The van der Waals surface area contributed by atoms with Crippen molar-refractivity contribution in [1.82, 2.24) is 14.9 Å². The van der Waals surface area contributed by atoms with Gasteiger partial charge in [-0.05, 0) is 24.3 Å². The van der Waals surface area contributed by atoms with Crippen molar-refractivity contribution in [2.24, 2.45) is 0 Å². The molecule has 9 heteroatoms. The molecule has 2 aromatic rings. The molecular weight excluding hydrogens is 328 g/mol. The smallest absolute Gasteiger partial charge is 0.253 e. The molecule has 126 valence electrons. The van der Waals surface area contributed by atoms with Crippen LogP contribution in [-0.4, -0.2) is 46.5 Å². The van der Waals surface area contributed by atoms with Crippen LogP contribution in [-0.2, 0) is 4.79 Å². The number of carbonyl (C=O) groups is 2.